The molecule has 0 bridgehead atoms. The SMILES string of the molecule is COc1c(C(=O)O)cnn2c(-c3cc(Cl)cc(Cl)c3)cnc12. The van der Waals surface area contributed by atoms with E-state index in [9.17, 15) is 4.79 Å². The van der Waals surface area contributed by atoms with E-state index in [1.54, 1.807) is 24.4 Å². The molecule has 0 amide bonds. The quantitative estimate of drug-likeness (QED) is 0.792. The molecular weight excluding hydrogens is 329 g/mol. The Morgan fingerprint density at radius 1 is 1.23 bits per heavy atom. The summed E-state index contributed by atoms with van der Waals surface area (Å²) in [5.41, 5.74) is 1.57. The highest BCUT2D eigenvalue weighted by molar-refractivity contribution is 6.35. The maximum Gasteiger partial charge on any atom is 0.341 e. The second kappa shape index (κ2) is 5.47. The number of benzene rings is 1. The lowest BCUT2D eigenvalue weighted by molar-refractivity contribution is 0.0692. The minimum absolute atomic E-state index is 0.0590. The summed E-state index contributed by atoms with van der Waals surface area (Å²) in [4.78, 5) is 15.4. The fourth-order valence-corrected chi connectivity index (χ4v) is 2.69. The molecule has 6 nitrogen and oxygen atoms in total. The molecule has 1 aromatic carbocycles. The van der Waals surface area contributed by atoms with Crippen molar-refractivity contribution in [2.75, 3.05) is 7.11 Å². The van der Waals surface area contributed by atoms with Crippen LogP contribution in [-0.4, -0.2) is 32.8 Å². The number of aromatic carboxylic acids is 1. The van der Waals surface area contributed by atoms with Crippen LogP contribution >= 0.6 is 23.2 Å². The number of hydrogen-bond acceptors (Lipinski definition) is 4. The van der Waals surface area contributed by atoms with E-state index in [1.807, 2.05) is 0 Å². The number of halogens is 2. The first-order chi connectivity index (χ1) is 10.5. The van der Waals surface area contributed by atoms with E-state index >= 15 is 0 Å². The number of aromatic nitrogens is 3. The first kappa shape index (κ1) is 14.6. The van der Waals surface area contributed by atoms with Gasteiger partial charge in [0.1, 0.15) is 5.56 Å². The summed E-state index contributed by atoms with van der Waals surface area (Å²) in [5, 5.41) is 14.2. The molecule has 3 rings (SSSR count). The molecule has 0 radical (unpaired) electrons. The van der Waals surface area contributed by atoms with Crippen molar-refractivity contribution < 1.29 is 14.6 Å². The Morgan fingerprint density at radius 2 is 1.91 bits per heavy atom. The number of fused-ring (bicyclic) bond motifs is 1. The Kier molecular flexibility index (Phi) is 3.64. The largest absolute Gasteiger partial charge is 0.492 e. The van der Waals surface area contributed by atoms with Gasteiger partial charge in [0.15, 0.2) is 11.4 Å². The zero-order chi connectivity index (χ0) is 15.9. The molecule has 0 atom stereocenters. The van der Waals surface area contributed by atoms with Gasteiger partial charge in [0, 0.05) is 15.6 Å². The van der Waals surface area contributed by atoms with Crippen LogP contribution in [0.4, 0.5) is 0 Å². The smallest absolute Gasteiger partial charge is 0.341 e. The Morgan fingerprint density at radius 3 is 2.50 bits per heavy atom. The monoisotopic (exact) mass is 337 g/mol. The highest BCUT2D eigenvalue weighted by Crippen LogP contribution is 2.30. The number of imidazole rings is 1. The standard InChI is InChI=1S/C14H9Cl2N3O3/c1-22-12-10(14(20)21)5-18-19-11(6-17-13(12)19)7-2-8(15)4-9(16)3-7/h2-6H,1H3,(H,20,21). The van der Waals surface area contributed by atoms with Crippen molar-refractivity contribution in [3.8, 4) is 17.0 Å². The summed E-state index contributed by atoms with van der Waals surface area (Å²) in [6, 6.07) is 5.05. The summed E-state index contributed by atoms with van der Waals surface area (Å²) < 4.78 is 6.64. The molecule has 0 saturated heterocycles. The van der Waals surface area contributed by atoms with Crippen molar-refractivity contribution in [1.29, 1.82) is 0 Å². The van der Waals surface area contributed by atoms with Gasteiger partial charge in [0.2, 0.25) is 0 Å². The van der Waals surface area contributed by atoms with Gasteiger partial charge >= 0.3 is 5.97 Å². The normalized spacial score (nSPS) is 10.9. The minimum atomic E-state index is -1.14. The molecule has 0 aliphatic rings. The van der Waals surface area contributed by atoms with E-state index in [2.05, 4.69) is 10.1 Å². The topological polar surface area (TPSA) is 76.7 Å². The summed E-state index contributed by atoms with van der Waals surface area (Å²) in [6.07, 6.45) is 2.77. The molecule has 1 N–H and O–H groups in total. The predicted molar refractivity (Wildman–Crippen MR) is 82.0 cm³/mol. The van der Waals surface area contributed by atoms with E-state index < -0.39 is 5.97 Å². The van der Waals surface area contributed by atoms with Crippen LogP contribution in [0.5, 0.6) is 5.75 Å². The third-order valence-corrected chi connectivity index (χ3v) is 3.52. The zero-order valence-corrected chi connectivity index (χ0v) is 12.8. The number of carboxylic acid groups (broad SMARTS) is 1. The lowest BCUT2D eigenvalue weighted by Crippen LogP contribution is -2.06. The van der Waals surface area contributed by atoms with Crippen molar-refractivity contribution >= 4 is 34.8 Å². The van der Waals surface area contributed by atoms with Gasteiger partial charge in [-0.2, -0.15) is 5.10 Å². The molecule has 0 spiro atoms. The highest BCUT2D eigenvalue weighted by Gasteiger charge is 2.19. The van der Waals surface area contributed by atoms with Gasteiger partial charge in [-0.25, -0.2) is 14.3 Å². The molecule has 22 heavy (non-hydrogen) atoms. The number of methoxy groups -OCH3 is 1. The first-order valence-electron chi connectivity index (χ1n) is 6.11. The molecule has 0 fully saturated rings. The highest BCUT2D eigenvalue weighted by atomic mass is 35.5. The number of ether oxygens (including phenoxy) is 1. The van der Waals surface area contributed by atoms with Gasteiger partial charge in [0.25, 0.3) is 0 Å². The van der Waals surface area contributed by atoms with E-state index in [0.717, 1.165) is 0 Å². The Labute approximate surface area is 134 Å². The van der Waals surface area contributed by atoms with Crippen molar-refractivity contribution in [1.82, 2.24) is 14.6 Å². The number of nitrogens with zero attached hydrogens (tertiary/aromatic N) is 3. The average molecular weight is 338 g/mol. The molecule has 8 heteroatoms. The van der Waals surface area contributed by atoms with Crippen molar-refractivity contribution in [3.05, 3.63) is 46.2 Å². The fourth-order valence-electron chi connectivity index (χ4n) is 2.16. The number of rotatable bonds is 3. The van der Waals surface area contributed by atoms with Crippen molar-refractivity contribution in [2.45, 2.75) is 0 Å². The van der Waals surface area contributed by atoms with Crippen LogP contribution in [0.3, 0.4) is 0 Å². The molecule has 0 aliphatic heterocycles. The lowest BCUT2D eigenvalue weighted by Gasteiger charge is -2.07. The Bertz CT molecular complexity index is 872. The van der Waals surface area contributed by atoms with E-state index in [1.165, 1.54) is 17.8 Å². The van der Waals surface area contributed by atoms with Gasteiger partial charge in [0.05, 0.1) is 25.2 Å². The summed E-state index contributed by atoms with van der Waals surface area (Å²) >= 11 is 12.0. The predicted octanol–water partition coefficient (Wildman–Crippen LogP) is 3.41. The van der Waals surface area contributed by atoms with Gasteiger partial charge in [-0.1, -0.05) is 23.2 Å². The molecule has 3 aromatic rings. The lowest BCUT2D eigenvalue weighted by atomic mass is 10.2. The van der Waals surface area contributed by atoms with Crippen molar-refractivity contribution in [3.63, 3.8) is 0 Å². The van der Waals surface area contributed by atoms with Crippen LogP contribution in [-0.2, 0) is 0 Å². The van der Waals surface area contributed by atoms with Gasteiger partial charge < -0.3 is 9.84 Å². The average Bonchev–Trinajstić information content (AvgIpc) is 2.88. The molecule has 2 aromatic heterocycles. The summed E-state index contributed by atoms with van der Waals surface area (Å²) in [7, 11) is 1.38. The van der Waals surface area contributed by atoms with Crippen LogP contribution in [0, 0.1) is 0 Å². The van der Waals surface area contributed by atoms with E-state index in [0.29, 0.717) is 26.9 Å². The van der Waals surface area contributed by atoms with Gasteiger partial charge in [-0.3, -0.25) is 0 Å². The summed E-state index contributed by atoms with van der Waals surface area (Å²) in [6.45, 7) is 0. The number of hydrogen-bond donors (Lipinski definition) is 1. The molecule has 112 valence electrons. The molecule has 0 unspecified atom stereocenters. The second-order valence-electron chi connectivity index (χ2n) is 4.43. The molecular formula is C14H9Cl2N3O3. The van der Waals surface area contributed by atoms with Crippen LogP contribution in [0.15, 0.2) is 30.6 Å². The molecule has 2 heterocycles. The third kappa shape index (κ3) is 2.36. The maximum absolute atomic E-state index is 11.2. The van der Waals surface area contributed by atoms with E-state index in [-0.39, 0.29) is 11.3 Å². The van der Waals surface area contributed by atoms with Gasteiger partial charge in [-0.05, 0) is 18.2 Å². The Hall–Kier alpha value is -2.31. The van der Waals surface area contributed by atoms with Crippen LogP contribution in [0.1, 0.15) is 10.4 Å². The fraction of sp³-hybridized carbons (Fsp3) is 0.0714. The first-order valence-corrected chi connectivity index (χ1v) is 6.87. The number of carbonyl (C=O) groups is 1. The Balaban J connectivity index is 2.27. The van der Waals surface area contributed by atoms with Crippen LogP contribution in [0.25, 0.3) is 16.9 Å². The molecule has 0 aliphatic carbocycles. The third-order valence-electron chi connectivity index (χ3n) is 3.08. The van der Waals surface area contributed by atoms with Crippen LogP contribution in [0.2, 0.25) is 10.0 Å². The molecule has 0 saturated carbocycles. The van der Waals surface area contributed by atoms with E-state index in [4.69, 9.17) is 33.0 Å². The number of carboxylic acids is 1. The zero-order valence-electron chi connectivity index (χ0n) is 11.2. The van der Waals surface area contributed by atoms with Crippen LogP contribution < -0.4 is 4.74 Å². The van der Waals surface area contributed by atoms with Gasteiger partial charge in [-0.15, -0.1) is 0 Å². The maximum atomic E-state index is 11.2. The second-order valence-corrected chi connectivity index (χ2v) is 5.31. The van der Waals surface area contributed by atoms with Crippen molar-refractivity contribution in [2.24, 2.45) is 0 Å². The summed E-state index contributed by atoms with van der Waals surface area (Å²) in [5.74, 6) is -0.996. The minimum Gasteiger partial charge on any atom is -0.492 e.